The summed E-state index contributed by atoms with van der Waals surface area (Å²) in [5, 5.41) is 9.78. The molecule has 3 atom stereocenters. The SMILES string of the molecule is CCN1C(=O)N[C@H]2CS[C@@H](CCCCC(=O)NCCOCCOCCOCCN=[N+]=[N-])[C@H]21. The van der Waals surface area contributed by atoms with Crippen LogP contribution in [-0.2, 0) is 19.0 Å². The number of azide groups is 1. The highest BCUT2D eigenvalue weighted by molar-refractivity contribution is 8.00. The molecule has 2 heterocycles. The van der Waals surface area contributed by atoms with Crippen molar-refractivity contribution in [2.45, 2.75) is 49.9 Å². The number of amides is 3. The van der Waals surface area contributed by atoms with Gasteiger partial charge in [0.15, 0.2) is 0 Å². The highest BCUT2D eigenvalue weighted by atomic mass is 32.2. The summed E-state index contributed by atoms with van der Waals surface area (Å²) in [6.07, 6.45) is 3.39. The van der Waals surface area contributed by atoms with Gasteiger partial charge in [-0.05, 0) is 25.3 Å². The van der Waals surface area contributed by atoms with Crippen molar-refractivity contribution in [2.24, 2.45) is 5.11 Å². The minimum Gasteiger partial charge on any atom is -0.379 e. The molecule has 2 fully saturated rings. The van der Waals surface area contributed by atoms with E-state index in [1.165, 1.54) is 0 Å². The topological polar surface area (TPSA) is 138 Å². The number of likely N-dealkylation sites (N-methyl/N-ethyl adjacent to an activating group) is 1. The average Bonchev–Trinajstić information content (AvgIpc) is 3.32. The van der Waals surface area contributed by atoms with E-state index >= 15 is 0 Å². The lowest BCUT2D eigenvalue weighted by atomic mass is 10.0. The summed E-state index contributed by atoms with van der Waals surface area (Å²) in [7, 11) is 0. The van der Waals surface area contributed by atoms with Crippen LogP contribution in [0.5, 0.6) is 0 Å². The number of hydrogen-bond donors (Lipinski definition) is 2. The van der Waals surface area contributed by atoms with Crippen molar-refractivity contribution in [2.75, 3.05) is 65.0 Å². The summed E-state index contributed by atoms with van der Waals surface area (Å²) >= 11 is 1.94. The van der Waals surface area contributed by atoms with E-state index in [0.29, 0.717) is 70.4 Å². The number of urea groups is 1. The average molecular weight is 473 g/mol. The Bertz CT molecular complexity index is 621. The molecule has 0 unspecified atom stereocenters. The first-order chi connectivity index (χ1) is 15.7. The standard InChI is InChI=1S/C20H36N6O5S/c1-2-26-19-16(24-20(26)28)15-32-17(19)5-3-4-6-18(27)22-7-9-29-11-13-31-14-12-30-10-8-23-25-21/h16-17,19H,2-15H2,1H3,(H,22,27)(H,24,28)/t16-,17-,19-/m0/s1. The molecule has 0 saturated carbocycles. The normalized spacial score (nSPS) is 21.8. The maximum Gasteiger partial charge on any atom is 0.318 e. The van der Waals surface area contributed by atoms with Gasteiger partial charge in [-0.2, -0.15) is 11.8 Å². The van der Waals surface area contributed by atoms with Crippen molar-refractivity contribution in [1.29, 1.82) is 0 Å². The Labute approximate surface area is 193 Å². The highest BCUT2D eigenvalue weighted by Crippen LogP contribution is 2.37. The maximum absolute atomic E-state index is 12.0. The van der Waals surface area contributed by atoms with Gasteiger partial charge >= 0.3 is 6.03 Å². The molecule has 0 radical (unpaired) electrons. The largest absolute Gasteiger partial charge is 0.379 e. The van der Waals surface area contributed by atoms with Crippen LogP contribution in [0.4, 0.5) is 4.79 Å². The van der Waals surface area contributed by atoms with Gasteiger partial charge in [-0.15, -0.1) is 0 Å². The Morgan fingerprint density at radius 1 is 1.22 bits per heavy atom. The molecule has 182 valence electrons. The van der Waals surface area contributed by atoms with Gasteiger partial charge in [0.05, 0.1) is 51.7 Å². The van der Waals surface area contributed by atoms with Crippen LogP contribution in [0.25, 0.3) is 10.4 Å². The van der Waals surface area contributed by atoms with Crippen LogP contribution in [0.1, 0.15) is 32.6 Å². The van der Waals surface area contributed by atoms with Gasteiger partial charge in [-0.1, -0.05) is 11.5 Å². The fourth-order valence-electron chi connectivity index (χ4n) is 3.89. The number of nitrogens with zero attached hydrogens (tertiary/aromatic N) is 4. The first-order valence-electron chi connectivity index (χ1n) is 11.4. The zero-order chi connectivity index (χ0) is 23.0. The second-order valence-corrected chi connectivity index (χ2v) is 8.86. The summed E-state index contributed by atoms with van der Waals surface area (Å²) in [5.74, 6) is 1.03. The molecule has 12 heteroatoms. The summed E-state index contributed by atoms with van der Waals surface area (Å²) in [6, 6.07) is 0.632. The van der Waals surface area contributed by atoms with E-state index in [9.17, 15) is 9.59 Å². The van der Waals surface area contributed by atoms with Crippen molar-refractivity contribution < 1.29 is 23.8 Å². The quantitative estimate of drug-likeness (QED) is 0.103. The molecule has 2 aliphatic rings. The summed E-state index contributed by atoms with van der Waals surface area (Å²) in [5.41, 5.74) is 8.12. The van der Waals surface area contributed by atoms with Crippen molar-refractivity contribution in [3.05, 3.63) is 10.4 Å². The molecule has 2 aliphatic heterocycles. The lowest BCUT2D eigenvalue weighted by Crippen LogP contribution is -2.40. The van der Waals surface area contributed by atoms with Crippen LogP contribution in [-0.4, -0.2) is 99.2 Å². The third-order valence-corrected chi connectivity index (χ3v) is 6.90. The third kappa shape index (κ3) is 9.41. The van der Waals surface area contributed by atoms with Crippen LogP contribution < -0.4 is 10.6 Å². The van der Waals surface area contributed by atoms with E-state index < -0.39 is 0 Å². The predicted molar refractivity (Wildman–Crippen MR) is 123 cm³/mol. The number of thioether (sulfide) groups is 1. The van der Waals surface area contributed by atoms with Crippen LogP contribution >= 0.6 is 11.8 Å². The number of rotatable bonds is 18. The third-order valence-electron chi connectivity index (χ3n) is 5.41. The minimum atomic E-state index is 0.0487. The molecule has 0 aliphatic carbocycles. The highest BCUT2D eigenvalue weighted by Gasteiger charge is 2.47. The summed E-state index contributed by atoms with van der Waals surface area (Å²) in [6.45, 7) is 6.25. The fourth-order valence-corrected chi connectivity index (χ4v) is 5.49. The van der Waals surface area contributed by atoms with Gasteiger partial charge in [0.2, 0.25) is 5.91 Å². The number of carbonyl (C=O) groups excluding carboxylic acids is 2. The van der Waals surface area contributed by atoms with E-state index in [2.05, 4.69) is 20.7 Å². The second kappa shape index (κ2) is 16.0. The van der Waals surface area contributed by atoms with E-state index in [4.69, 9.17) is 19.7 Å². The van der Waals surface area contributed by atoms with E-state index in [-0.39, 0.29) is 18.0 Å². The molecule has 3 amide bonds. The molecule has 11 nitrogen and oxygen atoms in total. The zero-order valence-corrected chi connectivity index (χ0v) is 19.7. The van der Waals surface area contributed by atoms with Gasteiger partial charge in [-0.3, -0.25) is 4.79 Å². The Kier molecular flexibility index (Phi) is 13.2. The monoisotopic (exact) mass is 472 g/mol. The predicted octanol–water partition coefficient (Wildman–Crippen LogP) is 1.92. The van der Waals surface area contributed by atoms with Crippen molar-refractivity contribution in [3.8, 4) is 0 Å². The lowest BCUT2D eigenvalue weighted by Gasteiger charge is -2.26. The molecule has 0 aromatic carbocycles. The van der Waals surface area contributed by atoms with Crippen LogP contribution in [0.2, 0.25) is 0 Å². The van der Waals surface area contributed by atoms with Gasteiger partial charge < -0.3 is 29.7 Å². The lowest BCUT2D eigenvalue weighted by molar-refractivity contribution is -0.121. The van der Waals surface area contributed by atoms with Crippen molar-refractivity contribution >= 4 is 23.7 Å². The molecule has 0 aromatic rings. The summed E-state index contributed by atoms with van der Waals surface area (Å²) in [4.78, 5) is 28.5. The van der Waals surface area contributed by atoms with Gasteiger partial charge in [0.25, 0.3) is 0 Å². The Morgan fingerprint density at radius 3 is 2.66 bits per heavy atom. The molecule has 0 bridgehead atoms. The van der Waals surface area contributed by atoms with E-state index in [1.54, 1.807) is 0 Å². The molecule has 2 rings (SSSR count). The van der Waals surface area contributed by atoms with Gasteiger partial charge in [0.1, 0.15) is 0 Å². The molecule has 2 N–H and O–H groups in total. The fraction of sp³-hybridized carbons (Fsp3) is 0.900. The Balaban J connectivity index is 1.38. The Morgan fingerprint density at radius 2 is 1.94 bits per heavy atom. The number of ether oxygens (including phenoxy) is 3. The number of fused-ring (bicyclic) bond motifs is 1. The first kappa shape index (κ1) is 26.5. The molecule has 0 aromatic heterocycles. The van der Waals surface area contributed by atoms with Crippen LogP contribution in [0, 0.1) is 0 Å². The molecule has 32 heavy (non-hydrogen) atoms. The van der Waals surface area contributed by atoms with Gasteiger partial charge in [-0.25, -0.2) is 4.79 Å². The smallest absolute Gasteiger partial charge is 0.318 e. The van der Waals surface area contributed by atoms with E-state index in [0.717, 1.165) is 31.6 Å². The number of nitrogens with one attached hydrogen (secondary N) is 2. The van der Waals surface area contributed by atoms with Crippen molar-refractivity contribution in [1.82, 2.24) is 15.5 Å². The van der Waals surface area contributed by atoms with Crippen LogP contribution in [0.15, 0.2) is 5.11 Å². The first-order valence-corrected chi connectivity index (χ1v) is 12.4. The van der Waals surface area contributed by atoms with Gasteiger partial charge in [0, 0.05) is 42.0 Å². The minimum absolute atomic E-state index is 0.0487. The number of hydrogen-bond acceptors (Lipinski definition) is 7. The maximum atomic E-state index is 12.0. The molecule has 0 spiro atoms. The number of unbranched alkanes of at least 4 members (excludes halogenated alkanes) is 1. The van der Waals surface area contributed by atoms with Crippen LogP contribution in [0.3, 0.4) is 0 Å². The number of carbonyl (C=O) groups is 2. The van der Waals surface area contributed by atoms with E-state index in [1.807, 2.05) is 23.6 Å². The molecular formula is C20H36N6O5S. The summed E-state index contributed by atoms with van der Waals surface area (Å²) < 4.78 is 16.0. The molecule has 2 saturated heterocycles. The Hall–Kier alpha value is -1.72. The zero-order valence-electron chi connectivity index (χ0n) is 18.9. The second-order valence-electron chi connectivity index (χ2n) is 7.59. The van der Waals surface area contributed by atoms with Crippen molar-refractivity contribution in [3.63, 3.8) is 0 Å². The molecular weight excluding hydrogens is 436 g/mol.